The van der Waals surface area contributed by atoms with Gasteiger partial charge >= 0.3 is 11.9 Å². The topological polar surface area (TPSA) is 141 Å². The van der Waals surface area contributed by atoms with Gasteiger partial charge in [0.1, 0.15) is 5.82 Å². The van der Waals surface area contributed by atoms with Crippen molar-refractivity contribution in [2.24, 2.45) is 5.73 Å². The first kappa shape index (κ1) is 30.6. The van der Waals surface area contributed by atoms with Gasteiger partial charge in [0.05, 0.1) is 11.1 Å². The van der Waals surface area contributed by atoms with Gasteiger partial charge in [-0.25, -0.2) is 22.8 Å². The largest absolute Gasteiger partial charge is 0.478 e. The van der Waals surface area contributed by atoms with E-state index < -0.39 is 53.4 Å². The summed E-state index contributed by atoms with van der Waals surface area (Å²) in [6.45, 7) is 3.57. The molecule has 2 aromatic carbocycles. The second-order valence-electron chi connectivity index (χ2n) is 9.14. The summed E-state index contributed by atoms with van der Waals surface area (Å²) in [4.78, 5) is 51.8. The average molecular weight is 558 g/mol. The summed E-state index contributed by atoms with van der Waals surface area (Å²) >= 11 is 0. The normalized spacial score (nSPS) is 17.9. The standard InChI is InChI=1S/C25H26F3N3O6.ClH/c1-12-11-31(23(33)15-3-16(24(34)35)5-17(4-15)25(36)37)13(2)10-30(12)22(32)8-18(29)6-14-7-20(27)21(28)9-19(14)26;/h3-5,7,9,12-13,18H,6,8,10-11,29H2,1-2H3,(H,34,35)(H,36,37);1H/t12?,13?,18-;/m1./s1. The minimum atomic E-state index is -1.38. The van der Waals surface area contributed by atoms with Crippen molar-refractivity contribution in [3.05, 3.63) is 70.0 Å². The number of halogens is 4. The van der Waals surface area contributed by atoms with Crippen LogP contribution in [-0.4, -0.2) is 75.0 Å². The number of amides is 2. The molecular formula is C25H27ClF3N3O6. The first-order valence-corrected chi connectivity index (χ1v) is 11.4. The van der Waals surface area contributed by atoms with Gasteiger partial charge in [-0.1, -0.05) is 0 Å². The van der Waals surface area contributed by atoms with E-state index in [1.165, 1.54) is 9.80 Å². The molecule has 0 spiro atoms. The van der Waals surface area contributed by atoms with Gasteiger partial charge in [-0.05, 0) is 50.1 Å². The molecule has 0 bridgehead atoms. The number of nitrogens with two attached hydrogens (primary N) is 1. The number of carbonyl (C=O) groups excluding carboxylic acids is 2. The van der Waals surface area contributed by atoms with Crippen molar-refractivity contribution in [3.63, 3.8) is 0 Å². The minimum Gasteiger partial charge on any atom is -0.478 e. The highest BCUT2D eigenvalue weighted by Gasteiger charge is 2.35. The molecule has 2 aromatic rings. The summed E-state index contributed by atoms with van der Waals surface area (Å²) in [6, 6.07) is 2.44. The molecule has 206 valence electrons. The van der Waals surface area contributed by atoms with Crippen LogP contribution >= 0.6 is 12.4 Å². The quantitative estimate of drug-likeness (QED) is 0.444. The molecule has 0 aromatic heterocycles. The zero-order valence-electron chi connectivity index (χ0n) is 20.5. The summed E-state index contributed by atoms with van der Waals surface area (Å²) in [5.41, 5.74) is 5.04. The molecule has 38 heavy (non-hydrogen) atoms. The van der Waals surface area contributed by atoms with Gasteiger partial charge in [0.2, 0.25) is 5.91 Å². The third kappa shape index (κ3) is 6.81. The lowest BCUT2D eigenvalue weighted by Crippen LogP contribution is -2.60. The van der Waals surface area contributed by atoms with Crippen LogP contribution in [0.1, 0.15) is 56.9 Å². The Morgan fingerprint density at radius 1 is 0.842 bits per heavy atom. The van der Waals surface area contributed by atoms with E-state index in [1.807, 2.05) is 0 Å². The number of hydrogen-bond donors (Lipinski definition) is 3. The highest BCUT2D eigenvalue weighted by molar-refractivity contribution is 6.01. The van der Waals surface area contributed by atoms with Crippen LogP contribution in [0.4, 0.5) is 13.2 Å². The summed E-state index contributed by atoms with van der Waals surface area (Å²) < 4.78 is 40.5. The Hall–Kier alpha value is -3.64. The molecule has 4 N–H and O–H groups in total. The van der Waals surface area contributed by atoms with E-state index in [1.54, 1.807) is 13.8 Å². The van der Waals surface area contributed by atoms with Crippen LogP contribution in [0.5, 0.6) is 0 Å². The molecule has 13 heteroatoms. The smallest absolute Gasteiger partial charge is 0.335 e. The van der Waals surface area contributed by atoms with Crippen LogP contribution in [-0.2, 0) is 11.2 Å². The number of carboxylic acids is 2. The number of nitrogens with zero attached hydrogens (tertiary/aromatic N) is 2. The molecule has 1 heterocycles. The van der Waals surface area contributed by atoms with Crippen LogP contribution < -0.4 is 5.73 Å². The predicted octanol–water partition coefficient (Wildman–Crippen LogP) is 2.94. The number of carbonyl (C=O) groups is 4. The van der Waals surface area contributed by atoms with Crippen molar-refractivity contribution >= 4 is 36.2 Å². The fourth-order valence-electron chi connectivity index (χ4n) is 4.34. The molecule has 1 aliphatic rings. The maximum atomic E-state index is 13.9. The zero-order valence-corrected chi connectivity index (χ0v) is 21.3. The molecule has 0 radical (unpaired) electrons. The molecule has 9 nitrogen and oxygen atoms in total. The lowest BCUT2D eigenvalue weighted by molar-refractivity contribution is -0.136. The van der Waals surface area contributed by atoms with Crippen LogP contribution in [0, 0.1) is 17.5 Å². The SMILES string of the molecule is CC1CN(C(=O)c2cc(C(=O)O)cc(C(=O)O)c2)C(C)CN1C(=O)C[C@H](N)Cc1cc(F)c(F)cc1F.Cl. The van der Waals surface area contributed by atoms with Gasteiger partial charge in [0.15, 0.2) is 11.6 Å². The number of hydrogen-bond acceptors (Lipinski definition) is 5. The number of benzene rings is 2. The molecular weight excluding hydrogens is 531 g/mol. The maximum Gasteiger partial charge on any atom is 0.335 e. The van der Waals surface area contributed by atoms with Crippen molar-refractivity contribution in [2.45, 2.75) is 44.8 Å². The Labute approximate surface area is 222 Å². The average Bonchev–Trinajstić information content (AvgIpc) is 2.82. The van der Waals surface area contributed by atoms with E-state index >= 15 is 0 Å². The van der Waals surface area contributed by atoms with Gasteiger partial charge in [0.25, 0.3) is 5.91 Å². The number of piperazine rings is 1. The molecule has 1 fully saturated rings. The van der Waals surface area contributed by atoms with E-state index in [-0.39, 0.29) is 66.5 Å². The summed E-state index contributed by atoms with van der Waals surface area (Å²) in [5.74, 6) is -7.22. The van der Waals surface area contributed by atoms with Crippen molar-refractivity contribution < 1.29 is 42.6 Å². The fraction of sp³-hybridized carbons (Fsp3) is 0.360. The Kier molecular flexibility index (Phi) is 9.87. The third-order valence-corrected chi connectivity index (χ3v) is 6.25. The molecule has 0 saturated carbocycles. The Bertz CT molecular complexity index is 1230. The van der Waals surface area contributed by atoms with Crippen LogP contribution in [0.3, 0.4) is 0 Å². The summed E-state index contributed by atoms with van der Waals surface area (Å²) in [5, 5.41) is 18.6. The van der Waals surface area contributed by atoms with E-state index in [4.69, 9.17) is 5.73 Å². The van der Waals surface area contributed by atoms with Gasteiger partial charge in [-0.15, -0.1) is 12.4 Å². The Morgan fingerprint density at radius 3 is 1.87 bits per heavy atom. The summed E-state index contributed by atoms with van der Waals surface area (Å²) in [6.07, 6.45) is -0.394. The lowest BCUT2D eigenvalue weighted by atomic mass is 10.00. The van der Waals surface area contributed by atoms with E-state index in [0.29, 0.717) is 12.1 Å². The van der Waals surface area contributed by atoms with E-state index in [2.05, 4.69) is 0 Å². The zero-order chi connectivity index (χ0) is 27.6. The number of rotatable bonds is 7. The summed E-state index contributed by atoms with van der Waals surface area (Å²) in [7, 11) is 0. The Balaban J connectivity index is 0.00000507. The first-order valence-electron chi connectivity index (χ1n) is 11.4. The highest BCUT2D eigenvalue weighted by atomic mass is 35.5. The second kappa shape index (κ2) is 12.3. The van der Waals surface area contributed by atoms with Crippen LogP contribution in [0.2, 0.25) is 0 Å². The van der Waals surface area contributed by atoms with Gasteiger partial charge in [0, 0.05) is 49.3 Å². The van der Waals surface area contributed by atoms with Crippen molar-refractivity contribution in [3.8, 4) is 0 Å². The minimum absolute atomic E-state index is 0. The molecule has 0 aliphatic carbocycles. The molecule has 2 unspecified atom stereocenters. The highest BCUT2D eigenvalue weighted by Crippen LogP contribution is 2.22. The second-order valence-corrected chi connectivity index (χ2v) is 9.14. The van der Waals surface area contributed by atoms with Crippen molar-refractivity contribution in [1.82, 2.24) is 9.80 Å². The van der Waals surface area contributed by atoms with E-state index in [0.717, 1.165) is 18.2 Å². The number of aromatic carboxylic acids is 2. The van der Waals surface area contributed by atoms with Crippen molar-refractivity contribution in [1.29, 1.82) is 0 Å². The number of carboxylic acid groups (broad SMARTS) is 2. The molecule has 3 atom stereocenters. The Morgan fingerprint density at radius 2 is 1.32 bits per heavy atom. The molecule has 1 aliphatic heterocycles. The fourth-order valence-corrected chi connectivity index (χ4v) is 4.34. The van der Waals surface area contributed by atoms with E-state index in [9.17, 15) is 42.6 Å². The maximum absolute atomic E-state index is 13.9. The van der Waals surface area contributed by atoms with Gasteiger partial charge in [-0.2, -0.15) is 0 Å². The predicted molar refractivity (Wildman–Crippen MR) is 132 cm³/mol. The van der Waals surface area contributed by atoms with Gasteiger partial charge in [-0.3, -0.25) is 9.59 Å². The molecule has 2 amide bonds. The monoisotopic (exact) mass is 557 g/mol. The lowest BCUT2D eigenvalue weighted by Gasteiger charge is -2.44. The van der Waals surface area contributed by atoms with Crippen LogP contribution in [0.25, 0.3) is 0 Å². The van der Waals surface area contributed by atoms with Gasteiger partial charge < -0.3 is 25.7 Å². The van der Waals surface area contributed by atoms with Crippen molar-refractivity contribution in [2.75, 3.05) is 13.1 Å². The third-order valence-electron chi connectivity index (χ3n) is 6.25. The molecule has 1 saturated heterocycles. The first-order chi connectivity index (χ1) is 17.3. The molecule has 3 rings (SSSR count). The van der Waals surface area contributed by atoms with Crippen LogP contribution in [0.15, 0.2) is 30.3 Å².